The van der Waals surface area contributed by atoms with Crippen molar-refractivity contribution in [1.29, 1.82) is 0 Å². The van der Waals surface area contributed by atoms with Gasteiger partial charge >= 0.3 is 0 Å². The van der Waals surface area contributed by atoms with Crippen LogP contribution < -0.4 is 15.6 Å². The third-order valence-corrected chi connectivity index (χ3v) is 4.18. The van der Waals surface area contributed by atoms with Gasteiger partial charge in [-0.15, -0.1) is 0 Å². The summed E-state index contributed by atoms with van der Waals surface area (Å²) in [4.78, 5) is 36.6. The highest BCUT2D eigenvalue weighted by Gasteiger charge is 2.26. The number of amidine groups is 1. The second-order valence-electron chi connectivity index (χ2n) is 6.23. The van der Waals surface area contributed by atoms with Crippen molar-refractivity contribution in [3.05, 3.63) is 84.3 Å². The van der Waals surface area contributed by atoms with Crippen molar-refractivity contribution >= 4 is 34.9 Å². The van der Waals surface area contributed by atoms with Gasteiger partial charge in [-0.2, -0.15) is 10.1 Å². The Morgan fingerprint density at radius 3 is 2.34 bits per heavy atom. The largest absolute Gasteiger partial charge is 0.459 e. The number of nitrogens with zero attached hydrogens (tertiary/aromatic N) is 2. The lowest BCUT2D eigenvalue weighted by Gasteiger charge is -2.10. The lowest BCUT2D eigenvalue weighted by Crippen LogP contribution is -2.29. The van der Waals surface area contributed by atoms with Gasteiger partial charge in [-0.3, -0.25) is 14.4 Å². The average molecular weight is 388 g/mol. The van der Waals surface area contributed by atoms with E-state index in [-0.39, 0.29) is 29.8 Å². The molecular formula is C21H16N4O4. The second-order valence-corrected chi connectivity index (χ2v) is 6.23. The topological polar surface area (TPSA) is 104 Å². The number of para-hydroxylation sites is 1. The van der Waals surface area contributed by atoms with E-state index >= 15 is 0 Å². The molecule has 8 nitrogen and oxygen atoms in total. The minimum atomic E-state index is -0.393. The Hall–Kier alpha value is -4.20. The number of furan rings is 1. The number of benzene rings is 2. The zero-order valence-corrected chi connectivity index (χ0v) is 15.2. The molecule has 144 valence electrons. The molecule has 0 bridgehead atoms. The molecule has 2 N–H and O–H groups in total. The highest BCUT2D eigenvalue weighted by molar-refractivity contribution is 6.17. The van der Waals surface area contributed by atoms with Crippen LogP contribution in [0.3, 0.4) is 0 Å². The second kappa shape index (κ2) is 7.81. The first-order valence-electron chi connectivity index (χ1n) is 8.82. The van der Waals surface area contributed by atoms with E-state index in [2.05, 4.69) is 15.7 Å². The standard InChI is InChI=1S/C21H16N4O4/c26-19-13-18(24-25(19)16-5-2-1-3-6-16)23-20(27)14-8-10-15(11-9-14)22-21(28)17-7-4-12-29-17/h1-12H,13H2,(H,22,28)(H,23,24,27). The summed E-state index contributed by atoms with van der Waals surface area (Å²) in [6.07, 6.45) is 1.43. The van der Waals surface area contributed by atoms with Crippen LogP contribution in [-0.2, 0) is 4.79 Å². The predicted molar refractivity (Wildman–Crippen MR) is 107 cm³/mol. The van der Waals surface area contributed by atoms with E-state index in [0.29, 0.717) is 16.9 Å². The molecule has 0 unspecified atom stereocenters. The molecule has 1 aromatic heterocycles. The first-order valence-corrected chi connectivity index (χ1v) is 8.82. The third-order valence-electron chi connectivity index (χ3n) is 4.18. The fourth-order valence-electron chi connectivity index (χ4n) is 2.78. The van der Waals surface area contributed by atoms with E-state index in [1.54, 1.807) is 60.7 Å². The molecule has 29 heavy (non-hydrogen) atoms. The SMILES string of the molecule is O=C(NC1=NN(c2ccccc2)C(=O)C1)c1ccc(NC(=O)c2ccco2)cc1. The summed E-state index contributed by atoms with van der Waals surface area (Å²) >= 11 is 0. The molecule has 2 aromatic carbocycles. The van der Waals surface area contributed by atoms with Gasteiger partial charge in [-0.1, -0.05) is 18.2 Å². The fourth-order valence-corrected chi connectivity index (χ4v) is 2.78. The molecule has 4 rings (SSSR count). The van der Waals surface area contributed by atoms with Gasteiger partial charge in [0.05, 0.1) is 18.4 Å². The summed E-state index contributed by atoms with van der Waals surface area (Å²) in [6.45, 7) is 0. The number of nitrogens with one attached hydrogen (secondary N) is 2. The Balaban J connectivity index is 1.40. The van der Waals surface area contributed by atoms with Gasteiger partial charge in [0, 0.05) is 11.3 Å². The van der Waals surface area contributed by atoms with Crippen molar-refractivity contribution in [1.82, 2.24) is 5.32 Å². The molecule has 0 spiro atoms. The monoisotopic (exact) mass is 388 g/mol. The molecule has 1 aliphatic heterocycles. The van der Waals surface area contributed by atoms with Crippen molar-refractivity contribution < 1.29 is 18.8 Å². The lowest BCUT2D eigenvalue weighted by atomic mass is 10.2. The van der Waals surface area contributed by atoms with Gasteiger partial charge in [0.1, 0.15) is 5.84 Å². The van der Waals surface area contributed by atoms with Crippen LogP contribution in [0.15, 0.2) is 82.5 Å². The summed E-state index contributed by atoms with van der Waals surface area (Å²) in [5.41, 5.74) is 1.53. The van der Waals surface area contributed by atoms with Gasteiger partial charge in [0.25, 0.3) is 17.7 Å². The Morgan fingerprint density at radius 2 is 1.66 bits per heavy atom. The highest BCUT2D eigenvalue weighted by Crippen LogP contribution is 2.19. The zero-order valence-electron chi connectivity index (χ0n) is 15.2. The van der Waals surface area contributed by atoms with Crippen LogP contribution in [-0.4, -0.2) is 23.6 Å². The fraction of sp³-hybridized carbons (Fsp3) is 0.0476. The summed E-state index contributed by atoms with van der Waals surface area (Å²) in [5.74, 6) is -0.525. The molecule has 0 saturated heterocycles. The quantitative estimate of drug-likeness (QED) is 0.717. The van der Waals surface area contributed by atoms with Gasteiger partial charge in [0.2, 0.25) is 0 Å². The molecule has 0 aliphatic carbocycles. The number of carbonyl (C=O) groups is 3. The normalized spacial score (nSPS) is 13.2. The minimum Gasteiger partial charge on any atom is -0.459 e. The lowest BCUT2D eigenvalue weighted by molar-refractivity contribution is -0.116. The van der Waals surface area contributed by atoms with E-state index in [9.17, 15) is 14.4 Å². The van der Waals surface area contributed by atoms with Crippen molar-refractivity contribution in [2.75, 3.05) is 10.3 Å². The molecule has 2 heterocycles. The van der Waals surface area contributed by atoms with Gasteiger partial charge in [-0.25, -0.2) is 0 Å². The third kappa shape index (κ3) is 4.06. The number of hydrogen-bond acceptors (Lipinski definition) is 5. The van der Waals surface area contributed by atoms with Crippen LogP contribution in [0.25, 0.3) is 0 Å². The number of hydrazone groups is 1. The van der Waals surface area contributed by atoms with E-state index in [0.717, 1.165) is 0 Å². The molecule has 0 fully saturated rings. The molecule has 0 radical (unpaired) electrons. The predicted octanol–water partition coefficient (Wildman–Crippen LogP) is 3.01. The molecule has 0 saturated carbocycles. The number of anilines is 2. The Bertz CT molecular complexity index is 1070. The van der Waals surface area contributed by atoms with Gasteiger partial charge in [0.15, 0.2) is 5.76 Å². The zero-order chi connectivity index (χ0) is 20.2. The smallest absolute Gasteiger partial charge is 0.291 e. The highest BCUT2D eigenvalue weighted by atomic mass is 16.3. The van der Waals surface area contributed by atoms with Gasteiger partial charge < -0.3 is 15.1 Å². The number of hydrogen-bond donors (Lipinski definition) is 2. The van der Waals surface area contributed by atoms with Crippen LogP contribution in [0.2, 0.25) is 0 Å². The Labute approximate surface area is 165 Å². The van der Waals surface area contributed by atoms with Crippen LogP contribution in [0.4, 0.5) is 11.4 Å². The number of carbonyl (C=O) groups excluding carboxylic acids is 3. The van der Waals surface area contributed by atoms with Crippen LogP contribution in [0, 0.1) is 0 Å². The van der Waals surface area contributed by atoms with Crippen LogP contribution >= 0.6 is 0 Å². The molecule has 1 aliphatic rings. The van der Waals surface area contributed by atoms with Crippen LogP contribution in [0.1, 0.15) is 27.3 Å². The maximum absolute atomic E-state index is 12.4. The first kappa shape index (κ1) is 18.2. The summed E-state index contributed by atoms with van der Waals surface area (Å²) < 4.78 is 5.03. The van der Waals surface area contributed by atoms with E-state index in [4.69, 9.17) is 4.42 Å². The molecular weight excluding hydrogens is 372 g/mol. The molecule has 8 heteroatoms. The van der Waals surface area contributed by atoms with E-state index in [1.807, 2.05) is 6.07 Å². The van der Waals surface area contributed by atoms with Crippen molar-refractivity contribution in [3.63, 3.8) is 0 Å². The maximum Gasteiger partial charge on any atom is 0.291 e. The molecule has 3 amide bonds. The van der Waals surface area contributed by atoms with Crippen molar-refractivity contribution in [2.24, 2.45) is 5.10 Å². The Morgan fingerprint density at radius 1 is 0.897 bits per heavy atom. The summed E-state index contributed by atoms with van der Waals surface area (Å²) in [6, 6.07) is 18.5. The summed E-state index contributed by atoms with van der Waals surface area (Å²) in [7, 11) is 0. The Kier molecular flexibility index (Phi) is 4.90. The van der Waals surface area contributed by atoms with E-state index in [1.165, 1.54) is 11.3 Å². The van der Waals surface area contributed by atoms with Crippen molar-refractivity contribution in [3.8, 4) is 0 Å². The summed E-state index contributed by atoms with van der Waals surface area (Å²) in [5, 5.41) is 10.8. The first-order chi connectivity index (χ1) is 14.1. The van der Waals surface area contributed by atoms with Crippen LogP contribution in [0.5, 0.6) is 0 Å². The molecule has 3 aromatic rings. The maximum atomic E-state index is 12.4. The van der Waals surface area contributed by atoms with E-state index < -0.39 is 5.91 Å². The number of amides is 3. The minimum absolute atomic E-state index is 0.0118. The molecule has 0 atom stereocenters. The average Bonchev–Trinajstić information content (AvgIpc) is 3.39. The van der Waals surface area contributed by atoms with Crippen molar-refractivity contribution in [2.45, 2.75) is 6.42 Å². The number of rotatable bonds is 4. The van der Waals surface area contributed by atoms with Gasteiger partial charge in [-0.05, 0) is 48.5 Å².